The van der Waals surface area contributed by atoms with E-state index in [-0.39, 0.29) is 23.7 Å². The SMILES string of the molecule is CC(C)C(=O)N1CCC(C(=O)Nc2ccnn2C2CCCC2)CC1. The van der Waals surface area contributed by atoms with Crippen LogP contribution in [-0.4, -0.2) is 39.6 Å². The Morgan fingerprint density at radius 2 is 1.83 bits per heavy atom. The number of hydrogen-bond acceptors (Lipinski definition) is 3. The van der Waals surface area contributed by atoms with Crippen LogP contribution >= 0.6 is 0 Å². The van der Waals surface area contributed by atoms with Gasteiger partial charge in [0.25, 0.3) is 0 Å². The fourth-order valence-corrected chi connectivity index (χ4v) is 3.81. The van der Waals surface area contributed by atoms with Crippen molar-refractivity contribution in [1.29, 1.82) is 0 Å². The molecule has 2 heterocycles. The summed E-state index contributed by atoms with van der Waals surface area (Å²) in [6.07, 6.45) is 7.99. The second-order valence-electron chi connectivity index (χ2n) is 7.34. The Morgan fingerprint density at radius 1 is 1.17 bits per heavy atom. The topological polar surface area (TPSA) is 67.2 Å². The van der Waals surface area contributed by atoms with Crippen molar-refractivity contribution in [2.24, 2.45) is 11.8 Å². The molecular weight excluding hydrogens is 304 g/mol. The minimum atomic E-state index is -0.0202. The van der Waals surface area contributed by atoms with Crippen LogP contribution < -0.4 is 5.32 Å². The molecular formula is C18H28N4O2. The van der Waals surface area contributed by atoms with E-state index in [0.29, 0.717) is 19.1 Å². The molecule has 2 fully saturated rings. The summed E-state index contributed by atoms with van der Waals surface area (Å²) < 4.78 is 1.97. The van der Waals surface area contributed by atoms with Crippen molar-refractivity contribution in [2.75, 3.05) is 18.4 Å². The standard InChI is InChI=1S/C18H28N4O2/c1-13(2)18(24)21-11-8-14(9-12-21)17(23)20-16-7-10-19-22(16)15-5-3-4-6-15/h7,10,13-15H,3-6,8-9,11-12H2,1-2H3,(H,20,23). The Bertz CT molecular complexity index is 582. The number of carbonyl (C=O) groups is 2. The quantitative estimate of drug-likeness (QED) is 0.922. The van der Waals surface area contributed by atoms with Crippen LogP contribution in [0.1, 0.15) is 58.4 Å². The summed E-state index contributed by atoms with van der Waals surface area (Å²) in [4.78, 5) is 26.5. The number of amides is 2. The molecule has 1 aliphatic heterocycles. The van der Waals surface area contributed by atoms with E-state index < -0.39 is 0 Å². The molecule has 1 aromatic heterocycles. The minimum Gasteiger partial charge on any atom is -0.342 e. The molecule has 1 saturated heterocycles. The van der Waals surface area contributed by atoms with Crippen molar-refractivity contribution in [2.45, 2.75) is 58.4 Å². The Kier molecular flexibility index (Phi) is 5.21. The van der Waals surface area contributed by atoms with Crippen LogP contribution in [0.5, 0.6) is 0 Å². The van der Waals surface area contributed by atoms with Crippen LogP contribution in [-0.2, 0) is 9.59 Å². The number of nitrogens with zero attached hydrogens (tertiary/aromatic N) is 3. The third-order valence-corrected chi connectivity index (χ3v) is 5.26. The molecule has 2 amide bonds. The van der Waals surface area contributed by atoms with E-state index in [1.165, 1.54) is 12.8 Å². The molecule has 0 aromatic carbocycles. The zero-order valence-electron chi connectivity index (χ0n) is 14.7. The molecule has 1 aliphatic carbocycles. The molecule has 0 unspecified atom stereocenters. The highest BCUT2D eigenvalue weighted by molar-refractivity contribution is 5.92. The summed E-state index contributed by atoms with van der Waals surface area (Å²) in [5, 5.41) is 7.46. The van der Waals surface area contributed by atoms with Crippen LogP contribution in [0.15, 0.2) is 12.3 Å². The zero-order chi connectivity index (χ0) is 17.1. The van der Waals surface area contributed by atoms with Gasteiger partial charge in [-0.3, -0.25) is 9.59 Å². The van der Waals surface area contributed by atoms with Gasteiger partial charge in [-0.1, -0.05) is 26.7 Å². The summed E-state index contributed by atoms with van der Waals surface area (Å²) >= 11 is 0. The molecule has 1 N–H and O–H groups in total. The lowest BCUT2D eigenvalue weighted by Gasteiger charge is -2.32. The van der Waals surface area contributed by atoms with Gasteiger partial charge in [-0.2, -0.15) is 5.10 Å². The molecule has 2 aliphatic rings. The lowest BCUT2D eigenvalue weighted by Crippen LogP contribution is -2.43. The maximum absolute atomic E-state index is 12.6. The molecule has 0 atom stereocenters. The van der Waals surface area contributed by atoms with Crippen molar-refractivity contribution in [3.8, 4) is 0 Å². The summed E-state index contributed by atoms with van der Waals surface area (Å²) in [6, 6.07) is 2.30. The minimum absolute atomic E-state index is 0.0202. The number of nitrogens with one attached hydrogen (secondary N) is 1. The van der Waals surface area contributed by atoms with Crippen LogP contribution in [0.2, 0.25) is 0 Å². The molecule has 24 heavy (non-hydrogen) atoms. The van der Waals surface area contributed by atoms with Crippen molar-refractivity contribution in [3.05, 3.63) is 12.3 Å². The van der Waals surface area contributed by atoms with Gasteiger partial charge in [0.05, 0.1) is 12.2 Å². The Morgan fingerprint density at radius 3 is 2.46 bits per heavy atom. The van der Waals surface area contributed by atoms with Crippen LogP contribution in [0.25, 0.3) is 0 Å². The number of hydrogen-bond donors (Lipinski definition) is 1. The van der Waals surface area contributed by atoms with Crippen LogP contribution in [0.3, 0.4) is 0 Å². The molecule has 3 rings (SSSR count). The first-order valence-corrected chi connectivity index (χ1v) is 9.19. The van der Waals surface area contributed by atoms with E-state index in [9.17, 15) is 9.59 Å². The second kappa shape index (κ2) is 7.36. The number of aromatic nitrogens is 2. The largest absolute Gasteiger partial charge is 0.342 e. The van der Waals surface area contributed by atoms with E-state index in [4.69, 9.17) is 0 Å². The van der Waals surface area contributed by atoms with Gasteiger partial charge in [0.2, 0.25) is 11.8 Å². The van der Waals surface area contributed by atoms with Gasteiger partial charge < -0.3 is 10.2 Å². The summed E-state index contributed by atoms with van der Waals surface area (Å²) in [5.74, 6) is 1.07. The van der Waals surface area contributed by atoms with Gasteiger partial charge in [-0.15, -0.1) is 0 Å². The molecule has 6 heteroatoms. The molecule has 0 radical (unpaired) electrons. The van der Waals surface area contributed by atoms with Crippen LogP contribution in [0.4, 0.5) is 5.82 Å². The van der Waals surface area contributed by atoms with Crippen molar-refractivity contribution in [3.63, 3.8) is 0 Å². The Balaban J connectivity index is 1.55. The van der Waals surface area contributed by atoms with Gasteiger partial charge in [-0.05, 0) is 25.7 Å². The first-order chi connectivity index (χ1) is 11.6. The van der Waals surface area contributed by atoms with Gasteiger partial charge in [-0.25, -0.2) is 4.68 Å². The average molecular weight is 332 g/mol. The predicted octanol–water partition coefficient (Wildman–Crippen LogP) is 2.83. The van der Waals surface area contributed by atoms with Crippen LogP contribution in [0, 0.1) is 11.8 Å². The molecule has 132 valence electrons. The van der Waals surface area contributed by atoms with Gasteiger partial charge >= 0.3 is 0 Å². The molecule has 1 saturated carbocycles. The first kappa shape index (κ1) is 17.0. The second-order valence-corrected chi connectivity index (χ2v) is 7.34. The normalized spacial score (nSPS) is 19.9. The van der Waals surface area contributed by atoms with E-state index in [2.05, 4.69) is 10.4 Å². The maximum Gasteiger partial charge on any atom is 0.228 e. The number of anilines is 1. The molecule has 0 bridgehead atoms. The lowest BCUT2D eigenvalue weighted by molar-refractivity contribution is -0.137. The van der Waals surface area contributed by atoms with E-state index >= 15 is 0 Å². The van der Waals surface area contributed by atoms with Crippen molar-refractivity contribution in [1.82, 2.24) is 14.7 Å². The van der Waals surface area contributed by atoms with Crippen molar-refractivity contribution < 1.29 is 9.59 Å². The average Bonchev–Trinajstić information content (AvgIpc) is 3.25. The zero-order valence-corrected chi connectivity index (χ0v) is 14.7. The van der Waals surface area contributed by atoms with Crippen molar-refractivity contribution >= 4 is 17.6 Å². The number of rotatable bonds is 4. The molecule has 0 spiro atoms. The smallest absolute Gasteiger partial charge is 0.228 e. The Labute approximate surface area is 143 Å². The molecule has 1 aromatic rings. The van der Waals surface area contributed by atoms with E-state index in [0.717, 1.165) is 31.5 Å². The third kappa shape index (κ3) is 3.62. The van der Waals surface area contributed by atoms with Gasteiger partial charge in [0, 0.05) is 31.0 Å². The summed E-state index contributed by atoms with van der Waals surface area (Å²) in [6.45, 7) is 5.20. The lowest BCUT2D eigenvalue weighted by atomic mass is 9.95. The highest BCUT2D eigenvalue weighted by Gasteiger charge is 2.29. The fourth-order valence-electron chi connectivity index (χ4n) is 3.81. The Hall–Kier alpha value is -1.85. The maximum atomic E-state index is 12.6. The van der Waals surface area contributed by atoms with E-state index in [1.807, 2.05) is 29.5 Å². The van der Waals surface area contributed by atoms with Gasteiger partial charge in [0.1, 0.15) is 5.82 Å². The summed E-state index contributed by atoms with van der Waals surface area (Å²) in [5.41, 5.74) is 0. The highest BCUT2D eigenvalue weighted by Crippen LogP contribution is 2.31. The summed E-state index contributed by atoms with van der Waals surface area (Å²) in [7, 11) is 0. The predicted molar refractivity (Wildman–Crippen MR) is 92.5 cm³/mol. The highest BCUT2D eigenvalue weighted by atomic mass is 16.2. The van der Waals surface area contributed by atoms with E-state index in [1.54, 1.807) is 6.20 Å². The number of carbonyl (C=O) groups excluding carboxylic acids is 2. The first-order valence-electron chi connectivity index (χ1n) is 9.19. The fraction of sp³-hybridized carbons (Fsp3) is 0.722. The molecule has 6 nitrogen and oxygen atoms in total. The third-order valence-electron chi connectivity index (χ3n) is 5.26. The van der Waals surface area contributed by atoms with Gasteiger partial charge in [0.15, 0.2) is 0 Å². The monoisotopic (exact) mass is 332 g/mol. The number of piperidine rings is 1. The number of likely N-dealkylation sites (tertiary alicyclic amines) is 1.